The Kier molecular flexibility index (Phi) is 46.0. The van der Waals surface area contributed by atoms with Gasteiger partial charge in [0, 0.05) is 19.3 Å². The molecule has 0 fully saturated rings. The number of carbonyl (C=O) groups excluding carboxylic acids is 3. The van der Waals surface area contributed by atoms with Crippen LogP contribution in [-0.4, -0.2) is 37.2 Å². The molecule has 0 aromatic heterocycles. The van der Waals surface area contributed by atoms with Crippen LogP contribution in [0.4, 0.5) is 0 Å². The van der Waals surface area contributed by atoms with E-state index in [1.54, 1.807) is 0 Å². The van der Waals surface area contributed by atoms with Gasteiger partial charge in [-0.15, -0.1) is 0 Å². The molecule has 1 unspecified atom stereocenters. The molecular formula is C54H92O6. The Morgan fingerprint density at radius 1 is 0.350 bits per heavy atom. The van der Waals surface area contributed by atoms with Crippen molar-refractivity contribution in [1.82, 2.24) is 0 Å². The molecule has 60 heavy (non-hydrogen) atoms. The summed E-state index contributed by atoms with van der Waals surface area (Å²) in [6.07, 6.45) is 60.3. The van der Waals surface area contributed by atoms with Crippen LogP contribution in [0.15, 0.2) is 72.9 Å². The standard InChI is InChI=1S/C54H92O6/c1-4-7-10-13-16-19-22-25-26-27-28-30-32-35-38-41-44-47-53(56)59-50-51(49-58-52(55)46-43-40-37-34-31-24-21-18-15-12-9-6-3)60-54(57)48-45-42-39-36-33-29-23-20-17-14-11-8-5-2/h7,10,16,19-20,23,25-26,28,30,35,38,51H,4-6,8-9,11-15,17-18,21-22,24,27,29,31-34,36-37,39-50H2,1-3H3/b10-7-,19-16-,23-20-,26-25-,30-28-,38-35-. The molecule has 6 nitrogen and oxygen atoms in total. The lowest BCUT2D eigenvalue weighted by Gasteiger charge is -2.18. The van der Waals surface area contributed by atoms with Crippen molar-refractivity contribution >= 4 is 17.9 Å². The van der Waals surface area contributed by atoms with E-state index in [1.165, 1.54) is 96.3 Å². The average molecular weight is 837 g/mol. The Labute approximate surface area is 370 Å². The maximum Gasteiger partial charge on any atom is 0.306 e. The van der Waals surface area contributed by atoms with Crippen LogP contribution in [0.2, 0.25) is 0 Å². The highest BCUT2D eigenvalue weighted by Gasteiger charge is 2.19. The third-order valence-electron chi connectivity index (χ3n) is 10.4. The van der Waals surface area contributed by atoms with E-state index in [0.29, 0.717) is 19.3 Å². The van der Waals surface area contributed by atoms with E-state index in [0.717, 1.165) is 89.9 Å². The highest BCUT2D eigenvalue weighted by Crippen LogP contribution is 2.14. The number of hydrogen-bond donors (Lipinski definition) is 0. The molecule has 0 aliphatic heterocycles. The third-order valence-corrected chi connectivity index (χ3v) is 10.4. The fourth-order valence-electron chi connectivity index (χ4n) is 6.71. The third kappa shape index (κ3) is 45.9. The van der Waals surface area contributed by atoms with Gasteiger partial charge < -0.3 is 14.2 Å². The molecule has 0 saturated heterocycles. The highest BCUT2D eigenvalue weighted by atomic mass is 16.6. The fraction of sp³-hybridized carbons (Fsp3) is 0.722. The number of unbranched alkanes of at least 4 members (excludes halogenated alkanes) is 21. The van der Waals surface area contributed by atoms with Crippen LogP contribution in [-0.2, 0) is 28.6 Å². The normalized spacial score (nSPS) is 12.7. The molecule has 0 aromatic rings. The summed E-state index contributed by atoms with van der Waals surface area (Å²) >= 11 is 0. The van der Waals surface area contributed by atoms with Crippen LogP contribution in [0.25, 0.3) is 0 Å². The van der Waals surface area contributed by atoms with Crippen molar-refractivity contribution in [3.05, 3.63) is 72.9 Å². The van der Waals surface area contributed by atoms with Crippen molar-refractivity contribution in [2.24, 2.45) is 0 Å². The van der Waals surface area contributed by atoms with Crippen molar-refractivity contribution in [3.8, 4) is 0 Å². The summed E-state index contributed by atoms with van der Waals surface area (Å²) in [5.74, 6) is -0.965. The zero-order valence-corrected chi connectivity index (χ0v) is 39.2. The Morgan fingerprint density at radius 3 is 1.12 bits per heavy atom. The van der Waals surface area contributed by atoms with Crippen molar-refractivity contribution in [2.45, 2.75) is 239 Å². The number of carbonyl (C=O) groups is 3. The second kappa shape index (κ2) is 48.5. The Balaban J connectivity index is 4.48. The molecule has 0 heterocycles. The first kappa shape index (κ1) is 56.9. The highest BCUT2D eigenvalue weighted by molar-refractivity contribution is 5.71. The summed E-state index contributed by atoms with van der Waals surface area (Å²) in [5.41, 5.74) is 0. The minimum Gasteiger partial charge on any atom is -0.462 e. The predicted molar refractivity (Wildman–Crippen MR) is 256 cm³/mol. The zero-order chi connectivity index (χ0) is 43.7. The summed E-state index contributed by atoms with van der Waals surface area (Å²) in [6.45, 7) is 6.44. The fourth-order valence-corrected chi connectivity index (χ4v) is 6.71. The molecule has 0 aliphatic carbocycles. The van der Waals surface area contributed by atoms with Gasteiger partial charge >= 0.3 is 17.9 Å². The van der Waals surface area contributed by atoms with Gasteiger partial charge in [0.05, 0.1) is 0 Å². The van der Waals surface area contributed by atoms with Crippen molar-refractivity contribution in [2.75, 3.05) is 13.2 Å². The van der Waals surface area contributed by atoms with Crippen molar-refractivity contribution < 1.29 is 28.6 Å². The largest absolute Gasteiger partial charge is 0.462 e. The molecule has 0 bridgehead atoms. The zero-order valence-electron chi connectivity index (χ0n) is 39.2. The predicted octanol–water partition coefficient (Wildman–Crippen LogP) is 16.3. The van der Waals surface area contributed by atoms with Gasteiger partial charge in [0.1, 0.15) is 13.2 Å². The van der Waals surface area contributed by atoms with Crippen molar-refractivity contribution in [3.63, 3.8) is 0 Å². The van der Waals surface area contributed by atoms with Gasteiger partial charge in [-0.2, -0.15) is 0 Å². The first-order valence-electron chi connectivity index (χ1n) is 24.9. The summed E-state index contributed by atoms with van der Waals surface area (Å²) in [5, 5.41) is 0. The van der Waals surface area contributed by atoms with Gasteiger partial charge in [-0.25, -0.2) is 0 Å². The Bertz CT molecular complexity index is 1140. The lowest BCUT2D eigenvalue weighted by Crippen LogP contribution is -2.30. The Morgan fingerprint density at radius 2 is 0.667 bits per heavy atom. The number of hydrogen-bond acceptors (Lipinski definition) is 6. The van der Waals surface area contributed by atoms with Crippen LogP contribution < -0.4 is 0 Å². The topological polar surface area (TPSA) is 78.9 Å². The van der Waals surface area contributed by atoms with Crippen LogP contribution in [0, 0.1) is 0 Å². The van der Waals surface area contributed by atoms with Gasteiger partial charge in [-0.3, -0.25) is 14.4 Å². The molecule has 0 saturated carbocycles. The van der Waals surface area contributed by atoms with E-state index in [-0.39, 0.29) is 37.5 Å². The molecule has 0 N–H and O–H groups in total. The lowest BCUT2D eigenvalue weighted by atomic mass is 10.0. The molecule has 0 radical (unpaired) electrons. The van der Waals surface area contributed by atoms with E-state index in [9.17, 15) is 14.4 Å². The Hall–Kier alpha value is -3.15. The van der Waals surface area contributed by atoms with Crippen LogP contribution in [0.5, 0.6) is 0 Å². The van der Waals surface area contributed by atoms with E-state index >= 15 is 0 Å². The number of esters is 3. The molecule has 0 aromatic carbocycles. The quantitative estimate of drug-likeness (QED) is 0.0263. The minimum atomic E-state index is -0.799. The monoisotopic (exact) mass is 837 g/mol. The molecule has 344 valence electrons. The van der Waals surface area contributed by atoms with Gasteiger partial charge in [0.25, 0.3) is 0 Å². The van der Waals surface area contributed by atoms with E-state index in [4.69, 9.17) is 14.2 Å². The van der Waals surface area contributed by atoms with E-state index < -0.39 is 6.10 Å². The minimum absolute atomic E-state index is 0.0950. The summed E-state index contributed by atoms with van der Waals surface area (Å²) < 4.78 is 16.7. The van der Waals surface area contributed by atoms with Gasteiger partial charge in [-0.1, -0.05) is 203 Å². The summed E-state index contributed by atoms with van der Waals surface area (Å²) in [4.78, 5) is 37.9. The second-order valence-corrected chi connectivity index (χ2v) is 16.3. The summed E-state index contributed by atoms with van der Waals surface area (Å²) in [6, 6.07) is 0. The average Bonchev–Trinajstić information content (AvgIpc) is 3.24. The molecule has 0 aliphatic rings. The number of ether oxygens (including phenoxy) is 3. The van der Waals surface area contributed by atoms with Crippen LogP contribution in [0.1, 0.15) is 233 Å². The maximum absolute atomic E-state index is 12.8. The van der Waals surface area contributed by atoms with E-state index in [2.05, 4.69) is 93.7 Å². The van der Waals surface area contributed by atoms with Crippen molar-refractivity contribution in [1.29, 1.82) is 0 Å². The van der Waals surface area contributed by atoms with Gasteiger partial charge in [0.2, 0.25) is 0 Å². The smallest absolute Gasteiger partial charge is 0.306 e. The van der Waals surface area contributed by atoms with Crippen LogP contribution >= 0.6 is 0 Å². The molecule has 6 heteroatoms. The number of allylic oxidation sites excluding steroid dienone is 12. The molecule has 0 spiro atoms. The summed E-state index contributed by atoms with van der Waals surface area (Å²) in [7, 11) is 0. The first-order valence-corrected chi connectivity index (χ1v) is 24.9. The van der Waals surface area contributed by atoms with E-state index in [1.807, 2.05) is 0 Å². The molecule has 0 rings (SSSR count). The van der Waals surface area contributed by atoms with Crippen LogP contribution in [0.3, 0.4) is 0 Å². The first-order chi connectivity index (χ1) is 29.5. The lowest BCUT2D eigenvalue weighted by molar-refractivity contribution is -0.167. The molecule has 1 atom stereocenters. The number of rotatable bonds is 44. The molecule has 0 amide bonds. The second-order valence-electron chi connectivity index (χ2n) is 16.3. The SMILES string of the molecule is CC/C=C\C/C=C\C/C=C\C/C=C\C/C=C\CCCC(=O)OCC(COC(=O)CCCCCCCCCCCCCC)OC(=O)CCCCCCC/C=C\CCCCCC. The van der Waals surface area contributed by atoms with Gasteiger partial charge in [-0.05, 0) is 83.5 Å². The molecular weight excluding hydrogens is 745 g/mol. The van der Waals surface area contributed by atoms with Gasteiger partial charge in [0.15, 0.2) is 6.10 Å². The maximum atomic E-state index is 12.8.